The molecule has 1 aliphatic rings. The number of hydrogen-bond acceptors (Lipinski definition) is 5. The van der Waals surface area contributed by atoms with Gasteiger partial charge in [0.1, 0.15) is 18.3 Å². The summed E-state index contributed by atoms with van der Waals surface area (Å²) in [5.41, 5.74) is 0.917. The average molecular weight is 259 g/mol. The number of hydrogen-bond donors (Lipinski definition) is 2. The van der Waals surface area contributed by atoms with Gasteiger partial charge in [0.25, 0.3) is 0 Å². The van der Waals surface area contributed by atoms with E-state index in [0.717, 1.165) is 11.3 Å². The van der Waals surface area contributed by atoms with Gasteiger partial charge >= 0.3 is 0 Å². The van der Waals surface area contributed by atoms with Crippen LogP contribution in [0.25, 0.3) is 0 Å². The van der Waals surface area contributed by atoms with E-state index in [-0.39, 0.29) is 17.9 Å². The van der Waals surface area contributed by atoms with Crippen LogP contribution in [-0.2, 0) is 4.79 Å². The van der Waals surface area contributed by atoms with Crippen LogP contribution in [-0.4, -0.2) is 33.1 Å². The third-order valence-electron chi connectivity index (χ3n) is 3.12. The van der Waals surface area contributed by atoms with Crippen molar-refractivity contribution in [2.75, 3.05) is 6.61 Å². The van der Waals surface area contributed by atoms with Gasteiger partial charge in [0, 0.05) is 5.56 Å². The Hall–Kier alpha value is -2.44. The van der Waals surface area contributed by atoms with Crippen molar-refractivity contribution in [2.45, 2.75) is 18.9 Å². The topological polar surface area (TPSA) is 92.8 Å². The minimum Gasteiger partial charge on any atom is -0.492 e. The second-order valence-electron chi connectivity index (χ2n) is 4.40. The van der Waals surface area contributed by atoms with Gasteiger partial charge in [0.15, 0.2) is 5.82 Å². The molecule has 2 N–H and O–H groups in total. The van der Waals surface area contributed by atoms with Gasteiger partial charge in [-0.2, -0.15) is 5.21 Å². The van der Waals surface area contributed by atoms with E-state index < -0.39 is 0 Å². The van der Waals surface area contributed by atoms with Gasteiger partial charge in [-0.25, -0.2) is 0 Å². The first kappa shape index (κ1) is 11.6. The fourth-order valence-electron chi connectivity index (χ4n) is 2.11. The average Bonchev–Trinajstić information content (AvgIpc) is 3.08. The molecule has 0 aliphatic carbocycles. The Labute approximate surface area is 109 Å². The number of amides is 1. The second-order valence-corrected chi connectivity index (χ2v) is 4.40. The van der Waals surface area contributed by atoms with E-state index in [1.165, 1.54) is 0 Å². The van der Waals surface area contributed by atoms with Crippen molar-refractivity contribution < 1.29 is 9.53 Å². The standard InChI is InChI=1S/C12H13N5O2/c1-7(11-14-16-17-15-11)13-12(18)9-6-19-10-5-3-2-4-8(9)10/h2-5,7,9H,6H2,1H3,(H,13,18)(H,14,15,16,17). The summed E-state index contributed by atoms with van der Waals surface area (Å²) in [7, 11) is 0. The quantitative estimate of drug-likeness (QED) is 0.839. The Morgan fingerprint density at radius 3 is 3.16 bits per heavy atom. The first-order valence-corrected chi connectivity index (χ1v) is 6.01. The lowest BCUT2D eigenvalue weighted by Gasteiger charge is -2.13. The highest BCUT2D eigenvalue weighted by Crippen LogP contribution is 2.33. The molecular weight excluding hydrogens is 246 g/mol. The summed E-state index contributed by atoms with van der Waals surface area (Å²) in [4.78, 5) is 12.2. The number of aromatic amines is 1. The monoisotopic (exact) mass is 259 g/mol. The Balaban J connectivity index is 1.72. The normalized spacial score (nSPS) is 18.5. The molecule has 2 heterocycles. The molecule has 1 aromatic carbocycles. The molecular formula is C12H13N5O2. The van der Waals surface area contributed by atoms with Crippen LogP contribution in [0.2, 0.25) is 0 Å². The van der Waals surface area contributed by atoms with Gasteiger partial charge in [-0.15, -0.1) is 10.2 Å². The fourth-order valence-corrected chi connectivity index (χ4v) is 2.11. The van der Waals surface area contributed by atoms with E-state index in [0.29, 0.717) is 12.4 Å². The SMILES string of the molecule is CC(NC(=O)C1COc2ccccc21)c1nn[nH]n1. The molecule has 1 amide bonds. The summed E-state index contributed by atoms with van der Waals surface area (Å²) in [5.74, 6) is 0.850. The van der Waals surface area contributed by atoms with Crippen LogP contribution >= 0.6 is 0 Å². The highest BCUT2D eigenvalue weighted by atomic mass is 16.5. The van der Waals surface area contributed by atoms with Gasteiger partial charge < -0.3 is 10.1 Å². The van der Waals surface area contributed by atoms with Crippen molar-refractivity contribution in [3.63, 3.8) is 0 Å². The lowest BCUT2D eigenvalue weighted by molar-refractivity contribution is -0.123. The fraction of sp³-hybridized carbons (Fsp3) is 0.333. The number of ether oxygens (including phenoxy) is 1. The van der Waals surface area contributed by atoms with Crippen molar-refractivity contribution >= 4 is 5.91 Å². The van der Waals surface area contributed by atoms with E-state index in [9.17, 15) is 4.79 Å². The molecule has 0 saturated heterocycles. The van der Waals surface area contributed by atoms with Crippen molar-refractivity contribution in [2.24, 2.45) is 0 Å². The highest BCUT2D eigenvalue weighted by molar-refractivity contribution is 5.85. The number of para-hydroxylation sites is 1. The maximum Gasteiger partial charge on any atom is 0.231 e. The van der Waals surface area contributed by atoms with Crippen LogP contribution in [0.15, 0.2) is 24.3 Å². The zero-order chi connectivity index (χ0) is 13.2. The molecule has 1 aliphatic heterocycles. The number of tetrazole rings is 1. The van der Waals surface area contributed by atoms with E-state index >= 15 is 0 Å². The molecule has 19 heavy (non-hydrogen) atoms. The number of carbonyl (C=O) groups is 1. The Morgan fingerprint density at radius 2 is 2.37 bits per heavy atom. The zero-order valence-corrected chi connectivity index (χ0v) is 10.3. The van der Waals surface area contributed by atoms with E-state index in [2.05, 4.69) is 25.9 Å². The minimum absolute atomic E-state index is 0.0951. The lowest BCUT2D eigenvalue weighted by Crippen LogP contribution is -2.32. The maximum atomic E-state index is 12.2. The predicted molar refractivity (Wildman–Crippen MR) is 65.4 cm³/mol. The molecule has 2 unspecified atom stereocenters. The summed E-state index contributed by atoms with van der Waals surface area (Å²) >= 11 is 0. The molecule has 3 rings (SSSR count). The number of aromatic nitrogens is 4. The highest BCUT2D eigenvalue weighted by Gasteiger charge is 2.31. The molecule has 0 saturated carbocycles. The van der Waals surface area contributed by atoms with E-state index in [4.69, 9.17) is 4.74 Å². The molecule has 0 radical (unpaired) electrons. The van der Waals surface area contributed by atoms with Crippen LogP contribution in [0.5, 0.6) is 5.75 Å². The maximum absolute atomic E-state index is 12.2. The van der Waals surface area contributed by atoms with Gasteiger partial charge in [0.05, 0.1) is 6.04 Å². The van der Waals surface area contributed by atoms with Gasteiger partial charge in [-0.3, -0.25) is 4.79 Å². The first-order valence-electron chi connectivity index (χ1n) is 6.01. The van der Waals surface area contributed by atoms with Crippen LogP contribution in [0.3, 0.4) is 0 Å². The van der Waals surface area contributed by atoms with Gasteiger partial charge in [0.2, 0.25) is 5.91 Å². The Kier molecular flexibility index (Phi) is 2.86. The largest absolute Gasteiger partial charge is 0.492 e. The molecule has 2 aromatic rings. The summed E-state index contributed by atoms with van der Waals surface area (Å²) in [6.45, 7) is 2.18. The summed E-state index contributed by atoms with van der Waals surface area (Å²) < 4.78 is 5.49. The molecule has 2 atom stereocenters. The smallest absolute Gasteiger partial charge is 0.231 e. The third-order valence-corrected chi connectivity index (χ3v) is 3.12. The van der Waals surface area contributed by atoms with Crippen LogP contribution in [0.4, 0.5) is 0 Å². The van der Waals surface area contributed by atoms with Crippen LogP contribution < -0.4 is 10.1 Å². The molecule has 7 heteroatoms. The molecule has 0 bridgehead atoms. The molecule has 0 spiro atoms. The molecule has 0 fully saturated rings. The number of nitrogens with one attached hydrogen (secondary N) is 2. The van der Waals surface area contributed by atoms with Crippen molar-refractivity contribution in [1.29, 1.82) is 0 Å². The lowest BCUT2D eigenvalue weighted by atomic mass is 10.0. The van der Waals surface area contributed by atoms with Crippen molar-refractivity contribution in [3.05, 3.63) is 35.7 Å². The second kappa shape index (κ2) is 4.68. The zero-order valence-electron chi connectivity index (χ0n) is 10.3. The number of fused-ring (bicyclic) bond motifs is 1. The third kappa shape index (κ3) is 2.14. The first-order chi connectivity index (χ1) is 9.25. The molecule has 1 aromatic heterocycles. The number of nitrogens with zero attached hydrogens (tertiary/aromatic N) is 3. The number of carbonyl (C=O) groups excluding carboxylic acids is 1. The number of benzene rings is 1. The van der Waals surface area contributed by atoms with Crippen LogP contribution in [0, 0.1) is 0 Å². The molecule has 98 valence electrons. The summed E-state index contributed by atoms with van der Waals surface area (Å²) in [5, 5.41) is 16.4. The minimum atomic E-state index is -0.293. The summed E-state index contributed by atoms with van der Waals surface area (Å²) in [6.07, 6.45) is 0. The summed E-state index contributed by atoms with van der Waals surface area (Å²) in [6, 6.07) is 7.27. The van der Waals surface area contributed by atoms with E-state index in [1.807, 2.05) is 31.2 Å². The molecule has 7 nitrogen and oxygen atoms in total. The Bertz CT molecular complexity index is 584. The Morgan fingerprint density at radius 1 is 1.53 bits per heavy atom. The number of rotatable bonds is 3. The van der Waals surface area contributed by atoms with E-state index in [1.54, 1.807) is 0 Å². The van der Waals surface area contributed by atoms with Crippen molar-refractivity contribution in [1.82, 2.24) is 25.9 Å². The van der Waals surface area contributed by atoms with Crippen LogP contribution in [0.1, 0.15) is 30.3 Å². The van der Waals surface area contributed by atoms with Gasteiger partial charge in [-0.1, -0.05) is 23.4 Å². The van der Waals surface area contributed by atoms with Gasteiger partial charge in [-0.05, 0) is 13.0 Å². The number of H-pyrrole nitrogens is 1. The predicted octanol–water partition coefficient (Wildman–Crippen LogP) is 0.553. The van der Waals surface area contributed by atoms with Crippen molar-refractivity contribution in [3.8, 4) is 5.75 Å².